The number of benzene rings is 1. The number of carbonyl (C=O) groups is 1. The Bertz CT molecular complexity index is 848. The molecule has 1 amide bonds. The van der Waals surface area contributed by atoms with E-state index in [-0.39, 0.29) is 17.6 Å². The smallest absolute Gasteiger partial charge is 0.294 e. The largest absolute Gasteiger partial charge is 0.363 e. The Morgan fingerprint density at radius 3 is 2.63 bits per heavy atom. The zero-order valence-electron chi connectivity index (χ0n) is 15.0. The van der Waals surface area contributed by atoms with Crippen LogP contribution in [0.3, 0.4) is 0 Å². The van der Waals surface area contributed by atoms with Gasteiger partial charge in [0, 0.05) is 43.3 Å². The summed E-state index contributed by atoms with van der Waals surface area (Å²) in [5, 5.41) is 18.1. The summed E-state index contributed by atoms with van der Waals surface area (Å²) in [5.41, 5.74) is 1.22. The molecule has 9 nitrogen and oxygen atoms in total. The van der Waals surface area contributed by atoms with E-state index in [1.54, 1.807) is 25.1 Å². The first-order valence-corrected chi connectivity index (χ1v) is 8.90. The third-order valence-electron chi connectivity index (χ3n) is 4.59. The van der Waals surface area contributed by atoms with Crippen LogP contribution in [0.2, 0.25) is 5.02 Å². The highest BCUT2D eigenvalue weighted by atomic mass is 35.5. The molecule has 1 N–H and O–H groups in total. The summed E-state index contributed by atoms with van der Waals surface area (Å²) in [7, 11) is 0. The highest BCUT2D eigenvalue weighted by molar-refractivity contribution is 6.30. The maximum atomic E-state index is 12.4. The molecule has 27 heavy (non-hydrogen) atoms. The van der Waals surface area contributed by atoms with Crippen molar-refractivity contribution in [2.24, 2.45) is 0 Å². The minimum absolute atomic E-state index is 0.0116. The lowest BCUT2D eigenvalue weighted by Gasteiger charge is -2.38. The molecule has 10 heteroatoms. The Kier molecular flexibility index (Phi) is 5.62. The fourth-order valence-corrected chi connectivity index (χ4v) is 3.24. The number of anilines is 2. The third-order valence-corrected chi connectivity index (χ3v) is 4.83. The van der Waals surface area contributed by atoms with Gasteiger partial charge in [0.15, 0.2) is 0 Å². The van der Waals surface area contributed by atoms with Crippen LogP contribution in [0.4, 0.5) is 17.3 Å². The summed E-state index contributed by atoms with van der Waals surface area (Å²) in [6.07, 6.45) is 0. The molecule has 2 aromatic rings. The monoisotopic (exact) mass is 393 g/mol. The number of nitro benzene ring substituents is 1. The standard InChI is InChI=1S/C17H20ClN5O4/c1-11-9-16(27-20-11)19-17(24)12(2)21-5-7-22(8-6-21)14-4-3-13(18)10-15(14)23(25)26/h3-4,9-10,12H,5-8H2,1-2H3,(H,19,24). The number of halogens is 1. The number of piperazine rings is 1. The van der Waals surface area contributed by atoms with Crippen LogP contribution in [0.1, 0.15) is 12.6 Å². The molecular formula is C17H20ClN5O4. The van der Waals surface area contributed by atoms with Crippen molar-refractivity contribution in [3.8, 4) is 0 Å². The van der Waals surface area contributed by atoms with Gasteiger partial charge in [0.25, 0.3) is 5.69 Å². The zero-order valence-corrected chi connectivity index (χ0v) is 15.8. The lowest BCUT2D eigenvalue weighted by Crippen LogP contribution is -2.52. The van der Waals surface area contributed by atoms with Crippen molar-refractivity contribution < 1.29 is 14.2 Å². The number of aromatic nitrogens is 1. The second-order valence-electron chi connectivity index (χ2n) is 6.41. The van der Waals surface area contributed by atoms with Gasteiger partial charge < -0.3 is 9.42 Å². The van der Waals surface area contributed by atoms with E-state index in [1.807, 2.05) is 16.7 Å². The highest BCUT2D eigenvalue weighted by Crippen LogP contribution is 2.31. The Hall–Kier alpha value is -2.65. The molecule has 3 rings (SSSR count). The maximum Gasteiger partial charge on any atom is 0.294 e. The van der Waals surface area contributed by atoms with Gasteiger partial charge in [0.1, 0.15) is 5.69 Å². The molecule has 1 aromatic heterocycles. The molecule has 1 aliphatic rings. The van der Waals surface area contributed by atoms with Gasteiger partial charge in [-0.25, -0.2) is 0 Å². The minimum atomic E-state index is -0.428. The zero-order chi connectivity index (χ0) is 19.6. The van der Waals surface area contributed by atoms with Crippen molar-refractivity contribution in [1.29, 1.82) is 0 Å². The first kappa shape index (κ1) is 19.1. The van der Waals surface area contributed by atoms with Gasteiger partial charge in [-0.2, -0.15) is 0 Å². The third kappa shape index (κ3) is 4.37. The molecular weight excluding hydrogens is 374 g/mol. The molecule has 0 bridgehead atoms. The molecule has 0 spiro atoms. The first-order valence-electron chi connectivity index (χ1n) is 8.52. The van der Waals surface area contributed by atoms with Crippen LogP contribution in [0.15, 0.2) is 28.8 Å². The number of nitrogens with zero attached hydrogens (tertiary/aromatic N) is 4. The lowest BCUT2D eigenvalue weighted by molar-refractivity contribution is -0.384. The average Bonchev–Trinajstić information content (AvgIpc) is 3.05. The second-order valence-corrected chi connectivity index (χ2v) is 6.85. The number of rotatable bonds is 5. The van der Waals surface area contributed by atoms with E-state index in [2.05, 4.69) is 10.5 Å². The SMILES string of the molecule is Cc1cc(NC(=O)C(C)N2CCN(c3ccc(Cl)cc3[N+](=O)[O-])CC2)on1. The molecule has 144 valence electrons. The van der Waals surface area contributed by atoms with Gasteiger partial charge in [0.05, 0.1) is 16.7 Å². The van der Waals surface area contributed by atoms with Gasteiger partial charge in [0.2, 0.25) is 11.8 Å². The summed E-state index contributed by atoms with van der Waals surface area (Å²) in [4.78, 5) is 27.2. The second kappa shape index (κ2) is 7.93. The summed E-state index contributed by atoms with van der Waals surface area (Å²) in [5.74, 6) is 0.136. The molecule has 0 radical (unpaired) electrons. The Morgan fingerprint density at radius 2 is 2.04 bits per heavy atom. The van der Waals surface area contributed by atoms with Crippen molar-refractivity contribution in [1.82, 2.24) is 10.1 Å². The number of amides is 1. The Morgan fingerprint density at radius 1 is 1.33 bits per heavy atom. The Labute approximate surface area is 161 Å². The van der Waals surface area contributed by atoms with Crippen molar-refractivity contribution >= 4 is 34.8 Å². The Balaban J connectivity index is 1.61. The van der Waals surface area contributed by atoms with E-state index in [0.29, 0.717) is 48.5 Å². The van der Waals surface area contributed by atoms with E-state index in [4.69, 9.17) is 16.1 Å². The number of nitrogens with one attached hydrogen (secondary N) is 1. The molecule has 1 unspecified atom stereocenters. The van der Waals surface area contributed by atoms with Crippen LogP contribution in [-0.4, -0.2) is 53.1 Å². The molecule has 1 atom stereocenters. The number of nitro groups is 1. The van der Waals surface area contributed by atoms with Crippen LogP contribution in [-0.2, 0) is 4.79 Å². The first-order chi connectivity index (χ1) is 12.8. The molecule has 1 aromatic carbocycles. The topological polar surface area (TPSA) is 105 Å². The van der Waals surface area contributed by atoms with E-state index in [1.165, 1.54) is 6.07 Å². The van der Waals surface area contributed by atoms with Crippen LogP contribution < -0.4 is 10.2 Å². The van der Waals surface area contributed by atoms with E-state index >= 15 is 0 Å². The van der Waals surface area contributed by atoms with Crippen molar-refractivity contribution in [2.45, 2.75) is 19.9 Å². The van der Waals surface area contributed by atoms with Crippen LogP contribution in [0.5, 0.6) is 0 Å². The van der Waals surface area contributed by atoms with Crippen LogP contribution in [0.25, 0.3) is 0 Å². The molecule has 1 saturated heterocycles. The molecule has 0 aliphatic carbocycles. The van der Waals surface area contributed by atoms with Crippen LogP contribution >= 0.6 is 11.6 Å². The lowest BCUT2D eigenvalue weighted by atomic mass is 10.2. The molecule has 1 fully saturated rings. The van der Waals surface area contributed by atoms with Gasteiger partial charge in [-0.1, -0.05) is 16.8 Å². The molecule has 0 saturated carbocycles. The molecule has 1 aliphatic heterocycles. The normalized spacial score (nSPS) is 16.2. The fourth-order valence-electron chi connectivity index (χ4n) is 3.07. The predicted octanol–water partition coefficient (Wildman–Crippen LogP) is 2.69. The highest BCUT2D eigenvalue weighted by Gasteiger charge is 2.28. The summed E-state index contributed by atoms with van der Waals surface area (Å²) in [6.45, 7) is 5.94. The summed E-state index contributed by atoms with van der Waals surface area (Å²) >= 11 is 5.88. The van der Waals surface area contributed by atoms with Gasteiger partial charge >= 0.3 is 0 Å². The van der Waals surface area contributed by atoms with E-state index < -0.39 is 4.92 Å². The molecule has 2 heterocycles. The summed E-state index contributed by atoms with van der Waals surface area (Å²) in [6, 6.07) is 5.96. The fraction of sp³-hybridized carbons (Fsp3) is 0.412. The average molecular weight is 394 g/mol. The van der Waals surface area contributed by atoms with Gasteiger partial charge in [-0.15, -0.1) is 0 Å². The van der Waals surface area contributed by atoms with E-state index in [9.17, 15) is 14.9 Å². The number of aryl methyl sites for hydroxylation is 1. The quantitative estimate of drug-likeness (QED) is 0.615. The van der Waals surface area contributed by atoms with Crippen molar-refractivity contribution in [3.63, 3.8) is 0 Å². The number of hydrogen-bond donors (Lipinski definition) is 1. The minimum Gasteiger partial charge on any atom is -0.363 e. The predicted molar refractivity (Wildman–Crippen MR) is 101 cm³/mol. The number of hydrogen-bond acceptors (Lipinski definition) is 7. The number of carbonyl (C=O) groups excluding carboxylic acids is 1. The van der Waals surface area contributed by atoms with Gasteiger partial charge in [-0.05, 0) is 26.0 Å². The van der Waals surface area contributed by atoms with Crippen molar-refractivity contribution in [3.05, 3.63) is 45.1 Å². The maximum absolute atomic E-state index is 12.4. The van der Waals surface area contributed by atoms with E-state index in [0.717, 1.165) is 0 Å². The van der Waals surface area contributed by atoms with Crippen molar-refractivity contribution in [2.75, 3.05) is 36.4 Å². The van der Waals surface area contributed by atoms with Crippen LogP contribution in [0, 0.1) is 17.0 Å². The van der Waals surface area contributed by atoms with Gasteiger partial charge in [-0.3, -0.25) is 25.1 Å². The summed E-state index contributed by atoms with van der Waals surface area (Å²) < 4.78 is 5.01.